The smallest absolute Gasteiger partial charge is 0.466 e. The Morgan fingerprint density at radius 3 is 2.78 bits per heavy atom. The quantitative estimate of drug-likeness (QED) is 0.644. The lowest BCUT2D eigenvalue weighted by molar-refractivity contribution is 0.114. The molecular weight excluding hydrogens is 300 g/mol. The van der Waals surface area contributed by atoms with Crippen LogP contribution in [-0.2, 0) is 0 Å². The molecule has 2 aromatic rings. The Bertz CT molecular complexity index is 867. The van der Waals surface area contributed by atoms with E-state index in [-0.39, 0.29) is 11.3 Å². The minimum atomic E-state index is -1.42. The molecule has 0 radical (unpaired) electrons. The first-order valence-corrected chi connectivity index (χ1v) is 6.88. The average molecular weight is 314 g/mol. The monoisotopic (exact) mass is 314 g/mol. The molecule has 7 nitrogen and oxygen atoms in total. The number of carboxylic acid groups (broad SMARTS) is 1. The molecule has 1 aromatic carbocycles. The summed E-state index contributed by atoms with van der Waals surface area (Å²) in [5, 5.41) is 8.74. The van der Waals surface area contributed by atoms with E-state index in [1.807, 2.05) is 0 Å². The van der Waals surface area contributed by atoms with Gasteiger partial charge in [0.2, 0.25) is 0 Å². The molecule has 0 saturated heterocycles. The Morgan fingerprint density at radius 2 is 2.09 bits per heavy atom. The summed E-state index contributed by atoms with van der Waals surface area (Å²) in [7, 11) is 0. The maximum absolute atomic E-state index is 12.1. The van der Waals surface area contributed by atoms with Crippen molar-refractivity contribution in [2.24, 2.45) is 4.99 Å². The fraction of sp³-hybridized carbons (Fsp3) is 0.188. The maximum Gasteiger partial charge on any atom is 0.511 e. The Labute approximate surface area is 131 Å². The highest BCUT2D eigenvalue weighted by Gasteiger charge is 2.29. The molecule has 0 amide bonds. The van der Waals surface area contributed by atoms with Crippen LogP contribution < -0.4 is 15.0 Å². The number of carbonyl (C=O) groups is 1. The highest BCUT2D eigenvalue weighted by molar-refractivity contribution is 6.03. The molecule has 0 spiro atoms. The predicted molar refractivity (Wildman–Crippen MR) is 82.4 cm³/mol. The number of aliphatic imine (C=N–C) groups is 1. The van der Waals surface area contributed by atoms with Gasteiger partial charge in [-0.1, -0.05) is 6.07 Å². The molecule has 3 rings (SSSR count). The van der Waals surface area contributed by atoms with Crippen LogP contribution in [0.4, 0.5) is 4.79 Å². The maximum atomic E-state index is 12.1. The first-order valence-electron chi connectivity index (χ1n) is 6.88. The number of rotatable bonds is 1. The summed E-state index contributed by atoms with van der Waals surface area (Å²) in [6, 6.07) is 9.33. The lowest BCUT2D eigenvalue weighted by Crippen LogP contribution is -2.37. The van der Waals surface area contributed by atoms with Gasteiger partial charge in [-0.2, -0.15) is 0 Å². The van der Waals surface area contributed by atoms with Gasteiger partial charge in [-0.05, 0) is 38.1 Å². The van der Waals surface area contributed by atoms with Gasteiger partial charge in [-0.3, -0.25) is 9.36 Å². The number of benzene rings is 1. The van der Waals surface area contributed by atoms with E-state index in [0.29, 0.717) is 17.1 Å². The van der Waals surface area contributed by atoms with Crippen LogP contribution in [0, 0.1) is 0 Å². The molecule has 0 unspecified atom stereocenters. The molecule has 1 N–H and O–H groups in total. The summed E-state index contributed by atoms with van der Waals surface area (Å²) in [6.07, 6.45) is 0.175. The van der Waals surface area contributed by atoms with Crippen LogP contribution in [0.1, 0.15) is 19.4 Å². The molecule has 0 saturated carbocycles. The number of hydrogen-bond acceptors (Lipinski definition) is 5. The van der Waals surface area contributed by atoms with Crippen LogP contribution >= 0.6 is 0 Å². The summed E-state index contributed by atoms with van der Waals surface area (Å²) >= 11 is 0. The van der Waals surface area contributed by atoms with Crippen molar-refractivity contribution in [3.8, 4) is 11.5 Å². The van der Waals surface area contributed by atoms with Crippen molar-refractivity contribution in [3.63, 3.8) is 0 Å². The topological polar surface area (TPSA) is 90.1 Å². The Balaban J connectivity index is 2.19. The van der Waals surface area contributed by atoms with Gasteiger partial charge >= 0.3 is 6.16 Å². The third-order valence-corrected chi connectivity index (χ3v) is 3.18. The van der Waals surface area contributed by atoms with Crippen LogP contribution in [0.25, 0.3) is 0 Å². The van der Waals surface area contributed by atoms with Gasteiger partial charge in [0.05, 0.1) is 5.56 Å². The predicted octanol–water partition coefficient (Wildman–Crippen LogP) is 2.33. The van der Waals surface area contributed by atoms with Crippen molar-refractivity contribution in [2.45, 2.75) is 19.6 Å². The van der Waals surface area contributed by atoms with Crippen molar-refractivity contribution in [3.05, 3.63) is 58.5 Å². The second kappa shape index (κ2) is 5.28. The van der Waals surface area contributed by atoms with Crippen molar-refractivity contribution in [1.82, 2.24) is 4.57 Å². The zero-order valence-corrected chi connectivity index (χ0v) is 12.5. The fourth-order valence-corrected chi connectivity index (χ4v) is 2.33. The molecule has 7 heteroatoms. The van der Waals surface area contributed by atoms with E-state index in [0.717, 1.165) is 0 Å². The number of nitrogens with zero attached hydrogens (tertiary/aromatic N) is 2. The average Bonchev–Trinajstić information content (AvgIpc) is 2.46. The molecule has 0 atom stereocenters. The highest BCUT2D eigenvalue weighted by atomic mass is 16.7. The normalized spacial score (nSPS) is 15.1. The Hall–Kier alpha value is -3.09. The van der Waals surface area contributed by atoms with E-state index in [1.165, 1.54) is 22.8 Å². The summed E-state index contributed by atoms with van der Waals surface area (Å²) in [4.78, 5) is 27.3. The second-order valence-electron chi connectivity index (χ2n) is 5.42. The summed E-state index contributed by atoms with van der Waals surface area (Å²) in [5.41, 5.74) is -0.622. The van der Waals surface area contributed by atoms with E-state index in [2.05, 4.69) is 9.73 Å². The first-order chi connectivity index (χ1) is 10.9. The van der Waals surface area contributed by atoms with Gasteiger partial charge in [0.1, 0.15) is 17.3 Å². The number of aromatic nitrogens is 1. The third-order valence-electron chi connectivity index (χ3n) is 3.18. The van der Waals surface area contributed by atoms with Crippen molar-refractivity contribution in [1.29, 1.82) is 0 Å². The third kappa shape index (κ3) is 2.94. The summed E-state index contributed by atoms with van der Waals surface area (Å²) in [6.45, 7) is 3.54. The largest absolute Gasteiger partial charge is 0.511 e. The van der Waals surface area contributed by atoms with Crippen LogP contribution in [-0.4, -0.2) is 27.4 Å². The van der Waals surface area contributed by atoms with Crippen molar-refractivity contribution >= 4 is 12.0 Å². The van der Waals surface area contributed by atoms with Gasteiger partial charge in [-0.25, -0.2) is 9.79 Å². The van der Waals surface area contributed by atoms with E-state index in [4.69, 9.17) is 9.84 Å². The molecule has 0 fully saturated rings. The summed E-state index contributed by atoms with van der Waals surface area (Å²) in [5.74, 6) is 0.988. The van der Waals surface area contributed by atoms with E-state index < -0.39 is 11.9 Å². The van der Waals surface area contributed by atoms with Gasteiger partial charge in [0.25, 0.3) is 5.56 Å². The van der Waals surface area contributed by atoms with Gasteiger partial charge < -0.3 is 14.6 Å². The number of hydrogen-bond donors (Lipinski definition) is 1. The number of ether oxygens (including phenoxy) is 2. The second-order valence-corrected chi connectivity index (χ2v) is 5.42. The van der Waals surface area contributed by atoms with Crippen molar-refractivity contribution in [2.75, 3.05) is 0 Å². The fourth-order valence-electron chi connectivity index (χ4n) is 2.33. The Kier molecular flexibility index (Phi) is 3.40. The van der Waals surface area contributed by atoms with Crippen LogP contribution in [0.3, 0.4) is 0 Å². The Morgan fingerprint density at radius 1 is 1.30 bits per heavy atom. The standard InChI is InChI=1S/C16H14N2O5/c1-16(2)17-14(18-8-4-3-5-13(18)19)11-9-10(22-15(20)21)6-7-12(11)23-16/h3-9H,1-2H3,(H,20,21). The van der Waals surface area contributed by atoms with Gasteiger partial charge in [0, 0.05) is 12.3 Å². The minimum Gasteiger partial charge on any atom is -0.466 e. The molecule has 118 valence electrons. The molecule has 0 bridgehead atoms. The number of fused-ring (bicyclic) bond motifs is 1. The molecule has 2 heterocycles. The molecular formula is C16H14N2O5. The van der Waals surface area contributed by atoms with E-state index in [1.54, 1.807) is 38.2 Å². The lowest BCUT2D eigenvalue weighted by atomic mass is 10.1. The van der Waals surface area contributed by atoms with Gasteiger partial charge in [0.15, 0.2) is 5.72 Å². The zero-order valence-electron chi connectivity index (χ0n) is 12.5. The lowest BCUT2D eigenvalue weighted by Gasteiger charge is -2.30. The molecule has 1 aliphatic heterocycles. The number of pyridine rings is 1. The molecule has 0 aliphatic carbocycles. The molecule has 1 aliphatic rings. The zero-order chi connectivity index (χ0) is 16.6. The molecule has 23 heavy (non-hydrogen) atoms. The van der Waals surface area contributed by atoms with Crippen LogP contribution in [0.2, 0.25) is 0 Å². The SMILES string of the molecule is CC1(C)N=C(n2ccccc2=O)c2cc(OC(=O)O)ccc2O1. The first kappa shape index (κ1) is 14.8. The van der Waals surface area contributed by atoms with Crippen LogP contribution in [0.5, 0.6) is 11.5 Å². The molecule has 1 aromatic heterocycles. The van der Waals surface area contributed by atoms with E-state index in [9.17, 15) is 9.59 Å². The minimum absolute atomic E-state index is 0.122. The van der Waals surface area contributed by atoms with E-state index >= 15 is 0 Å². The van der Waals surface area contributed by atoms with Crippen molar-refractivity contribution < 1.29 is 19.4 Å². The van der Waals surface area contributed by atoms with Gasteiger partial charge in [-0.15, -0.1) is 0 Å². The van der Waals surface area contributed by atoms with Crippen LogP contribution in [0.15, 0.2) is 52.4 Å². The highest BCUT2D eigenvalue weighted by Crippen LogP contribution is 2.33. The summed E-state index contributed by atoms with van der Waals surface area (Å²) < 4.78 is 11.8.